The Hall–Kier alpha value is -4.50. The van der Waals surface area contributed by atoms with Crippen LogP contribution in [0.5, 0.6) is 17.2 Å². The predicted octanol–water partition coefficient (Wildman–Crippen LogP) is 9.06. The average molecular weight is 539 g/mol. The maximum absolute atomic E-state index is 7.34. The molecule has 1 unspecified atom stereocenters. The lowest BCUT2D eigenvalue weighted by atomic mass is 9.77. The topological polar surface area (TPSA) is 27.7 Å². The molecule has 0 radical (unpaired) electrons. The third-order valence-electron chi connectivity index (χ3n) is 8.43. The van der Waals surface area contributed by atoms with Crippen molar-refractivity contribution in [3.8, 4) is 28.4 Å². The summed E-state index contributed by atoms with van der Waals surface area (Å²) in [5.74, 6) is 2.58. The van der Waals surface area contributed by atoms with Gasteiger partial charge in [0.05, 0.1) is 13.2 Å². The second kappa shape index (κ2) is 9.85. The highest BCUT2D eigenvalue weighted by atomic mass is 16.5. The van der Waals surface area contributed by atoms with Gasteiger partial charge in [-0.05, 0) is 97.7 Å². The Labute approximate surface area is 242 Å². The van der Waals surface area contributed by atoms with Gasteiger partial charge in [-0.1, -0.05) is 72.3 Å². The van der Waals surface area contributed by atoms with Gasteiger partial charge < -0.3 is 14.2 Å². The summed E-state index contributed by atoms with van der Waals surface area (Å²) >= 11 is 0. The minimum absolute atomic E-state index is 0.113. The zero-order valence-corrected chi connectivity index (χ0v) is 24.0. The van der Waals surface area contributed by atoms with Crippen LogP contribution in [-0.4, -0.2) is 13.2 Å². The van der Waals surface area contributed by atoms with Crippen molar-refractivity contribution in [2.75, 3.05) is 7.11 Å². The van der Waals surface area contributed by atoms with Gasteiger partial charge in [-0.2, -0.15) is 0 Å². The molecule has 3 nitrogen and oxygen atoms in total. The smallest absolute Gasteiger partial charge is 0.178 e. The van der Waals surface area contributed by atoms with Crippen LogP contribution in [0.3, 0.4) is 0 Å². The molecule has 0 bridgehead atoms. The van der Waals surface area contributed by atoms with E-state index in [9.17, 15) is 0 Å². The standard InChI is InChI=1S/C38H34O3/c1-24(2)40-29-16-14-28(15-17-29)38(27-12-9-25(3)10-13-27)22-21-34-32-19-11-26-7-5-6-8-31(26)36(32)33-20-18-30(39-4)23-35(33)37(34)41-38/h5-10,12-18,20-24H,11,19H2,1-4H3. The Bertz CT molecular complexity index is 1800. The highest BCUT2D eigenvalue weighted by Gasteiger charge is 2.39. The van der Waals surface area contributed by atoms with Crippen molar-refractivity contribution in [3.63, 3.8) is 0 Å². The third kappa shape index (κ3) is 4.19. The lowest BCUT2D eigenvalue weighted by Gasteiger charge is -2.38. The summed E-state index contributed by atoms with van der Waals surface area (Å²) < 4.78 is 19.0. The van der Waals surface area contributed by atoms with Gasteiger partial charge >= 0.3 is 0 Å². The van der Waals surface area contributed by atoms with Gasteiger partial charge in [0.1, 0.15) is 17.2 Å². The fourth-order valence-electron chi connectivity index (χ4n) is 6.46. The molecule has 1 heterocycles. The van der Waals surface area contributed by atoms with Crippen molar-refractivity contribution in [1.29, 1.82) is 0 Å². The molecule has 0 N–H and O–H groups in total. The van der Waals surface area contributed by atoms with Gasteiger partial charge in [0, 0.05) is 22.1 Å². The fraction of sp³-hybridized carbons (Fsp3) is 0.211. The molecule has 1 aliphatic heterocycles. The number of fused-ring (bicyclic) bond motifs is 8. The van der Waals surface area contributed by atoms with E-state index in [-0.39, 0.29) is 6.10 Å². The first-order valence-corrected chi connectivity index (χ1v) is 14.4. The summed E-state index contributed by atoms with van der Waals surface area (Å²) in [6, 6.07) is 32.2. The highest BCUT2D eigenvalue weighted by Crippen LogP contribution is 2.52. The van der Waals surface area contributed by atoms with E-state index < -0.39 is 5.60 Å². The van der Waals surface area contributed by atoms with Crippen LogP contribution in [0.1, 0.15) is 47.2 Å². The predicted molar refractivity (Wildman–Crippen MR) is 167 cm³/mol. The van der Waals surface area contributed by atoms with Crippen LogP contribution in [0.2, 0.25) is 0 Å². The Balaban J connectivity index is 1.48. The summed E-state index contributed by atoms with van der Waals surface area (Å²) in [7, 11) is 1.72. The van der Waals surface area contributed by atoms with Gasteiger partial charge in [-0.3, -0.25) is 0 Å². The molecule has 5 aromatic carbocycles. The lowest BCUT2D eigenvalue weighted by molar-refractivity contribution is 0.163. The van der Waals surface area contributed by atoms with E-state index in [0.29, 0.717) is 0 Å². The number of hydrogen-bond acceptors (Lipinski definition) is 3. The molecule has 7 rings (SSSR count). The van der Waals surface area contributed by atoms with Crippen LogP contribution >= 0.6 is 0 Å². The monoisotopic (exact) mass is 538 g/mol. The van der Waals surface area contributed by atoms with Crippen molar-refractivity contribution in [1.82, 2.24) is 0 Å². The number of rotatable bonds is 5. The van der Waals surface area contributed by atoms with Crippen LogP contribution in [0.15, 0.2) is 97.1 Å². The molecule has 0 spiro atoms. The quantitative estimate of drug-likeness (QED) is 0.223. The molecule has 2 aliphatic rings. The van der Waals surface area contributed by atoms with Gasteiger partial charge in [0.15, 0.2) is 5.60 Å². The average Bonchev–Trinajstić information content (AvgIpc) is 3.00. The first-order valence-electron chi connectivity index (χ1n) is 14.4. The number of methoxy groups -OCH3 is 1. The van der Waals surface area contributed by atoms with E-state index in [4.69, 9.17) is 14.2 Å². The lowest BCUT2D eigenvalue weighted by Crippen LogP contribution is -2.34. The van der Waals surface area contributed by atoms with E-state index in [1.807, 2.05) is 26.0 Å². The molecule has 41 heavy (non-hydrogen) atoms. The van der Waals surface area contributed by atoms with E-state index in [1.54, 1.807) is 7.11 Å². The van der Waals surface area contributed by atoms with Crippen molar-refractivity contribution in [2.45, 2.75) is 45.3 Å². The first-order chi connectivity index (χ1) is 20.0. The Morgan fingerprint density at radius 2 is 1.49 bits per heavy atom. The SMILES string of the molecule is COc1ccc2c3c(c4c(c2c1)OC(c1ccc(C)cc1)(c1ccc(OC(C)C)cc1)C=C4)CCc1ccccc1-3. The highest BCUT2D eigenvalue weighted by molar-refractivity contribution is 6.06. The van der Waals surface area contributed by atoms with Crippen molar-refractivity contribution in [2.24, 2.45) is 0 Å². The van der Waals surface area contributed by atoms with Crippen LogP contribution in [0, 0.1) is 6.92 Å². The molecule has 204 valence electrons. The molecule has 0 saturated heterocycles. The maximum atomic E-state index is 7.34. The normalized spacial score (nSPS) is 17.0. The van der Waals surface area contributed by atoms with Crippen LogP contribution in [-0.2, 0) is 18.4 Å². The number of hydrogen-bond donors (Lipinski definition) is 0. The molecular formula is C38H34O3. The zero-order chi connectivity index (χ0) is 28.1. The van der Waals surface area contributed by atoms with E-state index in [1.165, 1.54) is 33.2 Å². The fourth-order valence-corrected chi connectivity index (χ4v) is 6.46. The summed E-state index contributed by atoms with van der Waals surface area (Å²) in [5.41, 5.74) is 9.10. The minimum atomic E-state index is -0.798. The second-order valence-corrected chi connectivity index (χ2v) is 11.4. The molecule has 3 heteroatoms. The van der Waals surface area contributed by atoms with Crippen LogP contribution in [0.4, 0.5) is 0 Å². The number of aryl methyl sites for hydroxylation is 2. The van der Waals surface area contributed by atoms with Crippen LogP contribution < -0.4 is 14.2 Å². The van der Waals surface area contributed by atoms with Crippen molar-refractivity contribution >= 4 is 16.8 Å². The molecule has 0 amide bonds. The third-order valence-corrected chi connectivity index (χ3v) is 8.43. The van der Waals surface area contributed by atoms with Gasteiger partial charge in [0.25, 0.3) is 0 Å². The number of benzene rings is 5. The molecule has 5 aromatic rings. The molecule has 0 saturated carbocycles. The maximum Gasteiger partial charge on any atom is 0.178 e. The second-order valence-electron chi connectivity index (χ2n) is 11.4. The molecule has 0 aromatic heterocycles. The summed E-state index contributed by atoms with van der Waals surface area (Å²) in [6.07, 6.45) is 6.64. The van der Waals surface area contributed by atoms with Crippen LogP contribution in [0.25, 0.3) is 28.0 Å². The van der Waals surface area contributed by atoms with E-state index in [0.717, 1.165) is 52.2 Å². The summed E-state index contributed by atoms with van der Waals surface area (Å²) in [4.78, 5) is 0. The molecule has 0 fully saturated rings. The largest absolute Gasteiger partial charge is 0.497 e. The van der Waals surface area contributed by atoms with Gasteiger partial charge in [-0.15, -0.1) is 0 Å². The minimum Gasteiger partial charge on any atom is -0.497 e. The molecular weight excluding hydrogens is 504 g/mol. The first kappa shape index (κ1) is 25.5. The molecule has 1 atom stereocenters. The van der Waals surface area contributed by atoms with Gasteiger partial charge in [-0.25, -0.2) is 0 Å². The van der Waals surface area contributed by atoms with Gasteiger partial charge in [0.2, 0.25) is 0 Å². The van der Waals surface area contributed by atoms with Crippen molar-refractivity contribution < 1.29 is 14.2 Å². The Morgan fingerprint density at radius 1 is 0.780 bits per heavy atom. The summed E-state index contributed by atoms with van der Waals surface area (Å²) in [5, 5.41) is 2.26. The van der Waals surface area contributed by atoms with E-state index in [2.05, 4.69) is 97.9 Å². The summed E-state index contributed by atoms with van der Waals surface area (Å²) in [6.45, 7) is 6.21. The van der Waals surface area contributed by atoms with Crippen molar-refractivity contribution in [3.05, 3.63) is 130 Å². The molecule has 1 aliphatic carbocycles. The van der Waals surface area contributed by atoms with E-state index >= 15 is 0 Å². The Kier molecular flexibility index (Phi) is 6.12. The Morgan fingerprint density at radius 3 is 2.22 bits per heavy atom. The number of ether oxygens (including phenoxy) is 3. The zero-order valence-electron chi connectivity index (χ0n) is 24.0.